The number of likely N-dealkylation sites (N-methyl/N-ethyl adjacent to an activating group) is 1. The van der Waals surface area contributed by atoms with Crippen LogP contribution in [0.25, 0.3) is 0 Å². The molecule has 1 aliphatic heterocycles. The number of carbonyl (C=O) groups is 2. The molecule has 0 radical (unpaired) electrons. The van der Waals surface area contributed by atoms with Crippen LogP contribution in [0.4, 0.5) is 0 Å². The van der Waals surface area contributed by atoms with Crippen molar-refractivity contribution < 1.29 is 19.1 Å². The predicted octanol–water partition coefficient (Wildman–Crippen LogP) is 0.988. The molecule has 1 heterocycles. The number of amides is 2. The number of ether oxygens (including phenoxy) is 2. The minimum atomic E-state index is -0.307. The summed E-state index contributed by atoms with van der Waals surface area (Å²) in [5.41, 5.74) is 0.344. The fourth-order valence-electron chi connectivity index (χ4n) is 2.92. The van der Waals surface area contributed by atoms with Gasteiger partial charge in [-0.1, -0.05) is 13.0 Å². The van der Waals surface area contributed by atoms with Crippen LogP contribution in [0.2, 0.25) is 0 Å². The third kappa shape index (κ3) is 4.85. The van der Waals surface area contributed by atoms with E-state index in [1.807, 2.05) is 4.90 Å². The Hall–Kier alpha value is -2.28. The van der Waals surface area contributed by atoms with Crippen LogP contribution in [0.5, 0.6) is 11.5 Å². The molecule has 2 rings (SSSR count). The number of methoxy groups -OCH3 is 2. The van der Waals surface area contributed by atoms with Gasteiger partial charge >= 0.3 is 0 Å². The van der Waals surface area contributed by atoms with Crippen LogP contribution in [-0.2, 0) is 4.79 Å². The SMILES string of the molecule is CCN1CCN(C(=O)CCNC(=O)c2c(OC)cccc2OC)CC1. The van der Waals surface area contributed by atoms with Crippen molar-refractivity contribution in [2.45, 2.75) is 13.3 Å². The molecule has 1 aromatic rings. The molecule has 0 saturated carbocycles. The summed E-state index contributed by atoms with van der Waals surface area (Å²) in [5.74, 6) is 0.652. The Balaban J connectivity index is 1.86. The summed E-state index contributed by atoms with van der Waals surface area (Å²) in [7, 11) is 3.01. The van der Waals surface area contributed by atoms with Gasteiger partial charge in [0.2, 0.25) is 5.91 Å². The second kappa shape index (κ2) is 9.27. The number of hydrogen-bond acceptors (Lipinski definition) is 5. The predicted molar refractivity (Wildman–Crippen MR) is 95.2 cm³/mol. The third-order valence-corrected chi connectivity index (χ3v) is 4.45. The van der Waals surface area contributed by atoms with Gasteiger partial charge in [-0.15, -0.1) is 0 Å². The lowest BCUT2D eigenvalue weighted by molar-refractivity contribution is -0.132. The number of nitrogens with zero attached hydrogens (tertiary/aromatic N) is 2. The number of carbonyl (C=O) groups excluding carboxylic acids is 2. The van der Waals surface area contributed by atoms with E-state index >= 15 is 0 Å². The van der Waals surface area contributed by atoms with Crippen molar-refractivity contribution >= 4 is 11.8 Å². The number of piperazine rings is 1. The van der Waals surface area contributed by atoms with Gasteiger partial charge in [-0.3, -0.25) is 9.59 Å². The highest BCUT2D eigenvalue weighted by atomic mass is 16.5. The monoisotopic (exact) mass is 349 g/mol. The first-order valence-corrected chi connectivity index (χ1v) is 8.60. The summed E-state index contributed by atoms with van der Waals surface area (Å²) in [4.78, 5) is 28.9. The van der Waals surface area contributed by atoms with E-state index in [2.05, 4.69) is 17.1 Å². The van der Waals surface area contributed by atoms with Gasteiger partial charge in [-0.05, 0) is 18.7 Å². The summed E-state index contributed by atoms with van der Waals surface area (Å²) in [5, 5.41) is 2.78. The van der Waals surface area contributed by atoms with Crippen molar-refractivity contribution in [1.29, 1.82) is 0 Å². The second-order valence-corrected chi connectivity index (χ2v) is 5.86. The van der Waals surface area contributed by atoms with Crippen LogP contribution in [0.1, 0.15) is 23.7 Å². The maximum atomic E-state index is 12.4. The smallest absolute Gasteiger partial charge is 0.258 e. The molecule has 0 aliphatic carbocycles. The van der Waals surface area contributed by atoms with E-state index in [0.29, 0.717) is 17.1 Å². The molecule has 7 nitrogen and oxygen atoms in total. The quantitative estimate of drug-likeness (QED) is 0.795. The van der Waals surface area contributed by atoms with Gasteiger partial charge in [0.05, 0.1) is 14.2 Å². The van der Waals surface area contributed by atoms with Crippen LogP contribution >= 0.6 is 0 Å². The lowest BCUT2D eigenvalue weighted by atomic mass is 10.1. The van der Waals surface area contributed by atoms with Gasteiger partial charge < -0.3 is 24.6 Å². The highest BCUT2D eigenvalue weighted by molar-refractivity contribution is 5.99. The second-order valence-electron chi connectivity index (χ2n) is 5.86. The Kier molecular flexibility index (Phi) is 7.06. The summed E-state index contributed by atoms with van der Waals surface area (Å²) in [6.45, 7) is 6.74. The molecule has 2 amide bonds. The molecule has 1 saturated heterocycles. The van der Waals surface area contributed by atoms with Gasteiger partial charge in [-0.25, -0.2) is 0 Å². The average Bonchev–Trinajstić information content (AvgIpc) is 2.66. The fourth-order valence-corrected chi connectivity index (χ4v) is 2.92. The fraction of sp³-hybridized carbons (Fsp3) is 0.556. The van der Waals surface area contributed by atoms with Gasteiger partial charge in [0.25, 0.3) is 5.91 Å². The molecular weight excluding hydrogens is 322 g/mol. The van der Waals surface area contributed by atoms with Crippen LogP contribution < -0.4 is 14.8 Å². The first-order chi connectivity index (χ1) is 12.1. The molecule has 0 spiro atoms. The molecule has 7 heteroatoms. The molecule has 138 valence electrons. The topological polar surface area (TPSA) is 71.1 Å². The molecule has 0 atom stereocenters. The van der Waals surface area contributed by atoms with Crippen molar-refractivity contribution in [2.75, 3.05) is 53.5 Å². The summed E-state index contributed by atoms with van der Waals surface area (Å²) < 4.78 is 10.5. The van der Waals surface area contributed by atoms with Crippen LogP contribution in [0, 0.1) is 0 Å². The van der Waals surface area contributed by atoms with Crippen molar-refractivity contribution in [1.82, 2.24) is 15.1 Å². The lowest BCUT2D eigenvalue weighted by Crippen LogP contribution is -2.49. The standard InChI is InChI=1S/C18H27N3O4/c1-4-20-10-12-21(13-11-20)16(22)8-9-19-18(23)17-14(24-2)6-5-7-15(17)25-3/h5-7H,4,8-13H2,1-3H3,(H,19,23). The van der Waals surface area contributed by atoms with Crippen LogP contribution in [0.3, 0.4) is 0 Å². The van der Waals surface area contributed by atoms with E-state index < -0.39 is 0 Å². The first kappa shape index (κ1) is 19.1. The van der Waals surface area contributed by atoms with E-state index in [0.717, 1.165) is 32.7 Å². The molecule has 1 aliphatic rings. The number of rotatable bonds is 7. The van der Waals surface area contributed by atoms with Crippen molar-refractivity contribution in [3.8, 4) is 11.5 Å². The van der Waals surface area contributed by atoms with Crippen molar-refractivity contribution in [3.05, 3.63) is 23.8 Å². The zero-order valence-electron chi connectivity index (χ0n) is 15.2. The van der Waals surface area contributed by atoms with E-state index in [9.17, 15) is 9.59 Å². The highest BCUT2D eigenvalue weighted by Gasteiger charge is 2.21. The average molecular weight is 349 g/mol. The summed E-state index contributed by atoms with van der Waals surface area (Å²) in [6, 6.07) is 5.17. The number of nitrogens with one attached hydrogen (secondary N) is 1. The molecule has 25 heavy (non-hydrogen) atoms. The maximum absolute atomic E-state index is 12.4. The molecule has 1 N–H and O–H groups in total. The summed E-state index contributed by atoms with van der Waals surface area (Å²) in [6.07, 6.45) is 0.287. The van der Waals surface area contributed by atoms with E-state index in [1.165, 1.54) is 14.2 Å². The van der Waals surface area contributed by atoms with E-state index in [4.69, 9.17) is 9.47 Å². The number of hydrogen-bond donors (Lipinski definition) is 1. The Morgan fingerprint density at radius 3 is 2.20 bits per heavy atom. The van der Waals surface area contributed by atoms with Crippen LogP contribution in [0.15, 0.2) is 18.2 Å². The van der Waals surface area contributed by atoms with Gasteiger partial charge in [0.15, 0.2) is 0 Å². The van der Waals surface area contributed by atoms with E-state index in [-0.39, 0.29) is 24.8 Å². The first-order valence-electron chi connectivity index (χ1n) is 8.60. The lowest BCUT2D eigenvalue weighted by Gasteiger charge is -2.34. The van der Waals surface area contributed by atoms with Crippen molar-refractivity contribution in [3.63, 3.8) is 0 Å². The van der Waals surface area contributed by atoms with Gasteiger partial charge in [0.1, 0.15) is 17.1 Å². The van der Waals surface area contributed by atoms with Crippen LogP contribution in [-0.4, -0.2) is 75.1 Å². The number of benzene rings is 1. The minimum absolute atomic E-state index is 0.0723. The zero-order chi connectivity index (χ0) is 18.2. The Morgan fingerprint density at radius 2 is 1.68 bits per heavy atom. The highest BCUT2D eigenvalue weighted by Crippen LogP contribution is 2.27. The molecule has 0 bridgehead atoms. The molecular formula is C18H27N3O4. The van der Waals surface area contributed by atoms with E-state index in [1.54, 1.807) is 18.2 Å². The Labute approximate surface area is 148 Å². The van der Waals surface area contributed by atoms with Gasteiger partial charge in [0, 0.05) is 39.1 Å². The summed E-state index contributed by atoms with van der Waals surface area (Å²) >= 11 is 0. The molecule has 0 unspecified atom stereocenters. The van der Waals surface area contributed by atoms with Crippen molar-refractivity contribution in [2.24, 2.45) is 0 Å². The molecule has 1 fully saturated rings. The molecule has 1 aromatic carbocycles. The Bertz CT molecular complexity index is 576. The largest absolute Gasteiger partial charge is 0.496 e. The zero-order valence-corrected chi connectivity index (χ0v) is 15.2. The Morgan fingerprint density at radius 1 is 1.08 bits per heavy atom. The minimum Gasteiger partial charge on any atom is -0.496 e. The maximum Gasteiger partial charge on any atom is 0.258 e. The normalized spacial score (nSPS) is 14.9. The van der Waals surface area contributed by atoms with Gasteiger partial charge in [-0.2, -0.15) is 0 Å². The third-order valence-electron chi connectivity index (χ3n) is 4.45. The molecule has 0 aromatic heterocycles.